The Hall–Kier alpha value is -2.63. The van der Waals surface area contributed by atoms with Crippen LogP contribution in [-0.4, -0.2) is 40.1 Å². The summed E-state index contributed by atoms with van der Waals surface area (Å²) in [6, 6.07) is 10.8. The maximum absolute atomic E-state index is 12.4. The lowest BCUT2D eigenvalue weighted by atomic mass is 10.1. The monoisotopic (exact) mass is 302 g/mol. The van der Waals surface area contributed by atoms with Crippen molar-refractivity contribution >= 4 is 11.9 Å². The molecular formula is C16H18N2O4. The van der Waals surface area contributed by atoms with Gasteiger partial charge < -0.3 is 14.5 Å². The molecule has 0 fully saturated rings. The summed E-state index contributed by atoms with van der Waals surface area (Å²) in [5.74, 6) is -0.865. The molecule has 6 heteroatoms. The molecule has 0 radical (unpaired) electrons. The Morgan fingerprint density at radius 1 is 1.27 bits per heavy atom. The molecule has 0 aliphatic rings. The van der Waals surface area contributed by atoms with E-state index >= 15 is 0 Å². The Balaban J connectivity index is 2.20. The summed E-state index contributed by atoms with van der Waals surface area (Å²) in [7, 11) is 0. The predicted octanol–water partition coefficient (Wildman–Crippen LogP) is 2.52. The predicted molar refractivity (Wildman–Crippen MR) is 80.3 cm³/mol. The summed E-state index contributed by atoms with van der Waals surface area (Å²) in [4.78, 5) is 24.6. The SMILES string of the molecule is CC(C)CN(CC(=O)O)C(=O)c1cc(-c2ccccc2)on1. The number of aromatic nitrogens is 1. The Morgan fingerprint density at radius 2 is 1.95 bits per heavy atom. The number of nitrogens with zero attached hydrogens (tertiary/aromatic N) is 2. The van der Waals surface area contributed by atoms with Gasteiger partial charge in [-0.1, -0.05) is 49.3 Å². The zero-order chi connectivity index (χ0) is 16.1. The van der Waals surface area contributed by atoms with E-state index < -0.39 is 11.9 Å². The molecule has 1 aromatic heterocycles. The number of carbonyl (C=O) groups is 2. The minimum absolute atomic E-state index is 0.112. The van der Waals surface area contributed by atoms with Gasteiger partial charge in [0.15, 0.2) is 11.5 Å². The van der Waals surface area contributed by atoms with Crippen LogP contribution in [0.5, 0.6) is 0 Å². The van der Waals surface area contributed by atoms with E-state index in [0.29, 0.717) is 12.3 Å². The standard InChI is InChI=1S/C16H18N2O4/c1-11(2)9-18(10-15(19)20)16(21)13-8-14(22-17-13)12-6-4-3-5-7-12/h3-8,11H,9-10H2,1-2H3,(H,19,20). The van der Waals surface area contributed by atoms with Crippen LogP contribution in [0.25, 0.3) is 11.3 Å². The van der Waals surface area contributed by atoms with Crippen molar-refractivity contribution in [2.75, 3.05) is 13.1 Å². The number of benzene rings is 1. The molecule has 0 saturated carbocycles. The van der Waals surface area contributed by atoms with Crippen molar-refractivity contribution < 1.29 is 19.2 Å². The minimum atomic E-state index is -1.05. The number of hydrogen-bond acceptors (Lipinski definition) is 4. The minimum Gasteiger partial charge on any atom is -0.480 e. The number of hydrogen-bond donors (Lipinski definition) is 1. The van der Waals surface area contributed by atoms with E-state index in [4.69, 9.17) is 9.63 Å². The van der Waals surface area contributed by atoms with Crippen LogP contribution in [0, 0.1) is 5.92 Å². The zero-order valence-electron chi connectivity index (χ0n) is 12.5. The highest BCUT2D eigenvalue weighted by atomic mass is 16.5. The number of carboxylic acids is 1. The van der Waals surface area contributed by atoms with Crippen molar-refractivity contribution in [2.24, 2.45) is 5.92 Å². The first-order valence-corrected chi connectivity index (χ1v) is 7.00. The van der Waals surface area contributed by atoms with Gasteiger partial charge in [0.25, 0.3) is 5.91 Å². The van der Waals surface area contributed by atoms with Crippen LogP contribution >= 0.6 is 0 Å². The Morgan fingerprint density at radius 3 is 2.55 bits per heavy atom. The molecule has 1 heterocycles. The maximum atomic E-state index is 12.4. The largest absolute Gasteiger partial charge is 0.480 e. The highest BCUT2D eigenvalue weighted by molar-refractivity contribution is 5.94. The van der Waals surface area contributed by atoms with Crippen molar-refractivity contribution in [1.82, 2.24) is 10.1 Å². The fraction of sp³-hybridized carbons (Fsp3) is 0.312. The van der Waals surface area contributed by atoms with Gasteiger partial charge in [-0.25, -0.2) is 0 Å². The summed E-state index contributed by atoms with van der Waals surface area (Å²) < 4.78 is 5.19. The summed E-state index contributed by atoms with van der Waals surface area (Å²) in [5, 5.41) is 12.7. The second kappa shape index (κ2) is 6.89. The van der Waals surface area contributed by atoms with Crippen LogP contribution in [-0.2, 0) is 4.79 Å². The second-order valence-corrected chi connectivity index (χ2v) is 5.42. The molecule has 2 rings (SSSR count). The first kappa shape index (κ1) is 15.8. The average molecular weight is 302 g/mol. The van der Waals surface area contributed by atoms with Crippen molar-refractivity contribution in [2.45, 2.75) is 13.8 Å². The van der Waals surface area contributed by atoms with Crippen molar-refractivity contribution in [3.05, 3.63) is 42.1 Å². The van der Waals surface area contributed by atoms with E-state index in [-0.39, 0.29) is 18.2 Å². The van der Waals surface area contributed by atoms with Crippen LogP contribution in [0.3, 0.4) is 0 Å². The molecule has 1 amide bonds. The number of rotatable bonds is 6. The van der Waals surface area contributed by atoms with Crippen molar-refractivity contribution in [3.8, 4) is 11.3 Å². The third-order valence-electron chi connectivity index (χ3n) is 2.99. The molecule has 22 heavy (non-hydrogen) atoms. The molecule has 1 N–H and O–H groups in total. The molecule has 0 aliphatic heterocycles. The van der Waals surface area contributed by atoms with Gasteiger partial charge in [-0.3, -0.25) is 9.59 Å². The van der Waals surface area contributed by atoms with E-state index in [9.17, 15) is 9.59 Å². The van der Waals surface area contributed by atoms with Gasteiger partial charge in [-0.15, -0.1) is 0 Å². The lowest BCUT2D eigenvalue weighted by molar-refractivity contribution is -0.137. The number of aliphatic carboxylic acids is 1. The highest BCUT2D eigenvalue weighted by Gasteiger charge is 2.23. The van der Waals surface area contributed by atoms with Gasteiger partial charge in [0.1, 0.15) is 6.54 Å². The van der Waals surface area contributed by atoms with Gasteiger partial charge in [-0.2, -0.15) is 0 Å². The first-order chi connectivity index (χ1) is 10.5. The molecule has 0 unspecified atom stereocenters. The summed E-state index contributed by atoms with van der Waals surface area (Å²) in [6.07, 6.45) is 0. The van der Waals surface area contributed by atoms with Crippen LogP contribution < -0.4 is 0 Å². The van der Waals surface area contributed by atoms with E-state index in [2.05, 4.69) is 5.16 Å². The molecule has 0 aliphatic carbocycles. The number of carbonyl (C=O) groups excluding carboxylic acids is 1. The molecule has 6 nitrogen and oxygen atoms in total. The van der Waals surface area contributed by atoms with Crippen LogP contribution in [0.15, 0.2) is 40.9 Å². The zero-order valence-corrected chi connectivity index (χ0v) is 12.5. The highest BCUT2D eigenvalue weighted by Crippen LogP contribution is 2.20. The summed E-state index contributed by atoms with van der Waals surface area (Å²) in [5.41, 5.74) is 0.920. The van der Waals surface area contributed by atoms with E-state index in [1.54, 1.807) is 0 Å². The molecule has 116 valence electrons. The topological polar surface area (TPSA) is 83.6 Å². The molecule has 0 atom stereocenters. The summed E-state index contributed by atoms with van der Waals surface area (Å²) in [6.45, 7) is 3.82. The Bertz CT molecular complexity index is 649. The van der Waals surface area contributed by atoms with E-state index in [1.165, 1.54) is 11.0 Å². The van der Waals surface area contributed by atoms with E-state index in [1.807, 2.05) is 44.2 Å². The van der Waals surface area contributed by atoms with Gasteiger partial charge in [0.2, 0.25) is 0 Å². The molecule has 0 spiro atoms. The number of amides is 1. The van der Waals surface area contributed by atoms with Crippen LogP contribution in [0.1, 0.15) is 24.3 Å². The van der Waals surface area contributed by atoms with Gasteiger partial charge in [0, 0.05) is 18.2 Å². The molecule has 0 saturated heterocycles. The smallest absolute Gasteiger partial charge is 0.323 e. The van der Waals surface area contributed by atoms with Crippen LogP contribution in [0.4, 0.5) is 0 Å². The lowest BCUT2D eigenvalue weighted by Crippen LogP contribution is -2.38. The number of carboxylic acid groups (broad SMARTS) is 1. The Kier molecular flexibility index (Phi) is 4.93. The van der Waals surface area contributed by atoms with Gasteiger partial charge >= 0.3 is 5.97 Å². The van der Waals surface area contributed by atoms with Gasteiger partial charge in [0.05, 0.1) is 0 Å². The van der Waals surface area contributed by atoms with Crippen molar-refractivity contribution in [1.29, 1.82) is 0 Å². The fourth-order valence-electron chi connectivity index (χ4n) is 2.10. The summed E-state index contributed by atoms with van der Waals surface area (Å²) >= 11 is 0. The molecule has 1 aromatic carbocycles. The third kappa shape index (κ3) is 3.94. The van der Waals surface area contributed by atoms with Gasteiger partial charge in [-0.05, 0) is 5.92 Å². The van der Waals surface area contributed by atoms with Crippen molar-refractivity contribution in [3.63, 3.8) is 0 Å². The molecule has 2 aromatic rings. The van der Waals surface area contributed by atoms with E-state index in [0.717, 1.165) is 5.56 Å². The maximum Gasteiger partial charge on any atom is 0.323 e. The quantitative estimate of drug-likeness (QED) is 0.886. The normalized spacial score (nSPS) is 10.7. The average Bonchev–Trinajstić information content (AvgIpc) is 2.95. The molecular weight excluding hydrogens is 284 g/mol. The Labute approximate surface area is 128 Å². The van der Waals surface area contributed by atoms with Crippen LogP contribution in [0.2, 0.25) is 0 Å². The second-order valence-electron chi connectivity index (χ2n) is 5.42. The first-order valence-electron chi connectivity index (χ1n) is 7.00. The third-order valence-corrected chi connectivity index (χ3v) is 2.99. The fourth-order valence-corrected chi connectivity index (χ4v) is 2.10. The lowest BCUT2D eigenvalue weighted by Gasteiger charge is -2.21. The molecule has 0 bridgehead atoms.